The van der Waals surface area contributed by atoms with E-state index in [1.165, 1.54) is 25.2 Å². The van der Waals surface area contributed by atoms with Gasteiger partial charge in [-0.2, -0.15) is 0 Å². The minimum atomic E-state index is -1.38. The van der Waals surface area contributed by atoms with Crippen molar-refractivity contribution in [1.29, 1.82) is 0 Å². The molecule has 2 aromatic carbocycles. The second kappa shape index (κ2) is 9.36. The fraction of sp³-hybridized carbons (Fsp3) is 0.238. The number of imide groups is 1. The number of halogens is 2. The summed E-state index contributed by atoms with van der Waals surface area (Å²) in [5.41, 5.74) is 1.27. The molecular weight excluding hydrogens is 445 g/mol. The van der Waals surface area contributed by atoms with Gasteiger partial charge in [0.1, 0.15) is 12.5 Å². The molecule has 0 aliphatic carbocycles. The monoisotopic (exact) mass is 463 g/mol. The Labute approximate surface area is 188 Å². The number of hydrogen-bond acceptors (Lipinski definition) is 4. The number of urea groups is 1. The van der Waals surface area contributed by atoms with E-state index < -0.39 is 36.3 Å². The maximum Gasteiger partial charge on any atom is 0.323 e. The number of amides is 4. The average Bonchev–Trinajstić information content (AvgIpc) is 2.99. The van der Waals surface area contributed by atoms with Gasteiger partial charge in [-0.05, 0) is 41.8 Å². The maximum absolute atomic E-state index is 13.4. The highest BCUT2D eigenvalue weighted by molar-refractivity contribution is 6.31. The molecule has 162 valence electrons. The van der Waals surface area contributed by atoms with E-state index in [9.17, 15) is 24.3 Å². The van der Waals surface area contributed by atoms with Crippen LogP contribution in [0.5, 0.6) is 0 Å². The summed E-state index contributed by atoms with van der Waals surface area (Å²) in [6, 6.07) is 10.8. The summed E-state index contributed by atoms with van der Waals surface area (Å²) < 4.78 is 0. The lowest BCUT2D eigenvalue weighted by Crippen LogP contribution is -2.48. The van der Waals surface area contributed by atoms with Gasteiger partial charge in [0.25, 0.3) is 0 Å². The Hall–Kier alpha value is -3.10. The molecule has 0 saturated heterocycles. The molecule has 0 bridgehead atoms. The number of aliphatic carboxylic acids is 1. The number of carbonyl (C=O) groups excluding carboxylic acids is 3. The van der Waals surface area contributed by atoms with Crippen LogP contribution >= 0.6 is 23.2 Å². The zero-order valence-corrected chi connectivity index (χ0v) is 18.0. The zero-order valence-electron chi connectivity index (χ0n) is 16.5. The average molecular weight is 464 g/mol. The minimum Gasteiger partial charge on any atom is -0.480 e. The van der Waals surface area contributed by atoms with Crippen LogP contribution in [0.25, 0.3) is 0 Å². The van der Waals surface area contributed by atoms with E-state index >= 15 is 0 Å². The lowest BCUT2D eigenvalue weighted by Gasteiger charge is -2.23. The van der Waals surface area contributed by atoms with Crippen LogP contribution in [-0.2, 0) is 20.8 Å². The van der Waals surface area contributed by atoms with Crippen LogP contribution in [0.15, 0.2) is 42.5 Å². The van der Waals surface area contributed by atoms with E-state index in [4.69, 9.17) is 23.2 Å². The first-order valence-corrected chi connectivity index (χ1v) is 10.1. The Morgan fingerprint density at radius 3 is 2.52 bits per heavy atom. The smallest absolute Gasteiger partial charge is 0.323 e. The van der Waals surface area contributed by atoms with Crippen LogP contribution in [-0.4, -0.2) is 54.0 Å². The van der Waals surface area contributed by atoms with Crippen molar-refractivity contribution in [3.8, 4) is 0 Å². The molecule has 10 heteroatoms. The Morgan fingerprint density at radius 2 is 1.87 bits per heavy atom. The van der Waals surface area contributed by atoms with Crippen molar-refractivity contribution in [3.63, 3.8) is 0 Å². The minimum absolute atomic E-state index is 0.0269. The van der Waals surface area contributed by atoms with Gasteiger partial charge in [0.2, 0.25) is 11.8 Å². The number of hydrogen-bond donors (Lipinski definition) is 2. The van der Waals surface area contributed by atoms with Crippen LogP contribution in [0, 0.1) is 0 Å². The topological polar surface area (TPSA) is 107 Å². The number of carbonyl (C=O) groups is 4. The standard InChI is InChI=1S/C21H19Cl2N3O5/c1-24-21(31)25(9-8-12-4-2-3-5-15(12)23)19(29)18-14-10-13(22)6-7-16(14)26(20(18)30)11-17(27)28/h2-7,10,18H,8-9,11H2,1H3,(H,24,31)(H,27,28). The molecule has 0 fully saturated rings. The first-order valence-electron chi connectivity index (χ1n) is 9.33. The summed E-state index contributed by atoms with van der Waals surface area (Å²) in [4.78, 5) is 52.0. The third-order valence-corrected chi connectivity index (χ3v) is 5.54. The molecule has 2 N–H and O–H groups in total. The molecule has 2 aromatic rings. The predicted molar refractivity (Wildman–Crippen MR) is 116 cm³/mol. The van der Waals surface area contributed by atoms with Crippen LogP contribution in [0.3, 0.4) is 0 Å². The second-order valence-electron chi connectivity index (χ2n) is 6.84. The molecule has 1 aliphatic rings. The van der Waals surface area contributed by atoms with Gasteiger partial charge in [0.05, 0.1) is 0 Å². The Kier molecular flexibility index (Phi) is 6.82. The SMILES string of the molecule is CNC(=O)N(CCc1ccccc1Cl)C(=O)C1C(=O)N(CC(=O)O)c2ccc(Cl)cc21. The Bertz CT molecular complexity index is 1060. The summed E-state index contributed by atoms with van der Waals surface area (Å²) in [6.45, 7) is -0.641. The molecule has 8 nitrogen and oxygen atoms in total. The summed E-state index contributed by atoms with van der Waals surface area (Å²) in [6.07, 6.45) is 0.279. The highest BCUT2D eigenvalue weighted by Gasteiger charge is 2.45. The lowest BCUT2D eigenvalue weighted by molar-refractivity contribution is -0.139. The second-order valence-corrected chi connectivity index (χ2v) is 7.68. The molecule has 0 radical (unpaired) electrons. The Balaban J connectivity index is 1.94. The van der Waals surface area contributed by atoms with E-state index in [1.807, 2.05) is 0 Å². The number of anilines is 1. The van der Waals surface area contributed by atoms with Crippen LogP contribution in [0.1, 0.15) is 17.0 Å². The van der Waals surface area contributed by atoms with Gasteiger partial charge in [0, 0.05) is 29.3 Å². The van der Waals surface area contributed by atoms with Crippen LogP contribution < -0.4 is 10.2 Å². The first-order chi connectivity index (χ1) is 14.7. The van der Waals surface area contributed by atoms with E-state index in [-0.39, 0.29) is 29.2 Å². The van der Waals surface area contributed by atoms with Gasteiger partial charge in [-0.15, -0.1) is 0 Å². The lowest BCUT2D eigenvalue weighted by atomic mass is 9.99. The largest absolute Gasteiger partial charge is 0.480 e. The molecule has 4 amide bonds. The molecule has 0 aromatic heterocycles. The van der Waals surface area contributed by atoms with Crippen molar-refractivity contribution in [1.82, 2.24) is 10.2 Å². The van der Waals surface area contributed by atoms with Crippen LogP contribution in [0.2, 0.25) is 10.0 Å². The number of nitrogens with zero attached hydrogens (tertiary/aromatic N) is 2. The van der Waals surface area contributed by atoms with Crippen LogP contribution in [0.4, 0.5) is 10.5 Å². The van der Waals surface area contributed by atoms with Crippen molar-refractivity contribution < 1.29 is 24.3 Å². The predicted octanol–water partition coefficient (Wildman–Crippen LogP) is 2.92. The van der Waals surface area contributed by atoms with Crippen molar-refractivity contribution in [2.45, 2.75) is 12.3 Å². The van der Waals surface area contributed by atoms with Crippen molar-refractivity contribution in [3.05, 3.63) is 63.6 Å². The fourth-order valence-electron chi connectivity index (χ4n) is 3.48. The summed E-state index contributed by atoms with van der Waals surface area (Å²) >= 11 is 12.2. The molecule has 1 heterocycles. The number of fused-ring (bicyclic) bond motifs is 1. The number of nitrogens with one attached hydrogen (secondary N) is 1. The van der Waals surface area contributed by atoms with Gasteiger partial charge in [-0.3, -0.25) is 24.2 Å². The van der Waals surface area contributed by atoms with Crippen molar-refractivity contribution in [2.24, 2.45) is 0 Å². The number of rotatable bonds is 6. The van der Waals surface area contributed by atoms with Crippen molar-refractivity contribution >= 4 is 52.7 Å². The molecule has 1 atom stereocenters. The Morgan fingerprint density at radius 1 is 1.16 bits per heavy atom. The zero-order chi connectivity index (χ0) is 22.7. The molecule has 1 unspecified atom stereocenters. The molecule has 1 aliphatic heterocycles. The first kappa shape index (κ1) is 22.6. The molecule has 0 spiro atoms. The summed E-state index contributed by atoms with van der Waals surface area (Å²) in [7, 11) is 1.37. The molecular formula is C21H19Cl2N3O5. The number of carboxylic acid groups (broad SMARTS) is 1. The van der Waals surface area contributed by atoms with E-state index in [1.54, 1.807) is 24.3 Å². The molecule has 0 saturated carbocycles. The van der Waals surface area contributed by atoms with Gasteiger partial charge in [-0.25, -0.2) is 4.79 Å². The van der Waals surface area contributed by atoms with Gasteiger partial charge in [0.15, 0.2) is 0 Å². The van der Waals surface area contributed by atoms with Gasteiger partial charge in [-0.1, -0.05) is 41.4 Å². The summed E-state index contributed by atoms with van der Waals surface area (Å²) in [5.74, 6) is -4.11. The number of carboxylic acids is 1. The molecule has 3 rings (SSSR count). The summed E-state index contributed by atoms with van der Waals surface area (Å²) in [5, 5.41) is 12.4. The fourth-order valence-corrected chi connectivity index (χ4v) is 3.89. The number of benzene rings is 2. The van der Waals surface area contributed by atoms with E-state index in [2.05, 4.69) is 5.32 Å². The van der Waals surface area contributed by atoms with E-state index in [0.29, 0.717) is 5.02 Å². The molecule has 31 heavy (non-hydrogen) atoms. The van der Waals surface area contributed by atoms with Gasteiger partial charge < -0.3 is 10.4 Å². The maximum atomic E-state index is 13.4. The third-order valence-electron chi connectivity index (χ3n) is 4.93. The van der Waals surface area contributed by atoms with Crippen molar-refractivity contribution in [2.75, 3.05) is 25.0 Å². The highest BCUT2D eigenvalue weighted by Crippen LogP contribution is 2.40. The normalized spacial score (nSPS) is 14.9. The third kappa shape index (κ3) is 4.65. The quantitative estimate of drug-likeness (QED) is 0.640. The van der Waals surface area contributed by atoms with E-state index in [0.717, 1.165) is 15.4 Å². The van der Waals surface area contributed by atoms with Gasteiger partial charge >= 0.3 is 12.0 Å². The highest BCUT2D eigenvalue weighted by atomic mass is 35.5.